The molecule has 24 heavy (non-hydrogen) atoms. The van der Waals surface area contributed by atoms with Gasteiger partial charge >= 0.3 is 0 Å². The molecule has 1 aromatic carbocycles. The van der Waals surface area contributed by atoms with Crippen molar-refractivity contribution in [1.82, 2.24) is 20.0 Å². The Hall–Kier alpha value is -2.18. The molecule has 0 bridgehead atoms. The Bertz CT molecular complexity index is 685. The van der Waals surface area contributed by atoms with Crippen LogP contribution in [0.4, 0.5) is 0 Å². The number of hydrogen-bond acceptors (Lipinski definition) is 4. The van der Waals surface area contributed by atoms with Crippen LogP contribution < -0.4 is 5.32 Å². The smallest absolute Gasteiger partial charge is 0.271 e. The summed E-state index contributed by atoms with van der Waals surface area (Å²) in [6.45, 7) is 2.42. The SMILES string of the molecule is CN1CCC(O)(CNC(=O)c2ccn(CCc3ccccc3)n2)C1. The van der Waals surface area contributed by atoms with Gasteiger partial charge in [0, 0.05) is 32.4 Å². The molecule has 6 nitrogen and oxygen atoms in total. The highest BCUT2D eigenvalue weighted by Gasteiger charge is 2.34. The normalized spacial score (nSPS) is 21.1. The van der Waals surface area contributed by atoms with Crippen molar-refractivity contribution >= 4 is 5.91 Å². The molecular formula is C18H24N4O2. The summed E-state index contributed by atoms with van der Waals surface area (Å²) < 4.78 is 1.78. The number of likely N-dealkylation sites (tertiary alicyclic amines) is 1. The van der Waals surface area contributed by atoms with Gasteiger partial charge in [0.2, 0.25) is 0 Å². The second kappa shape index (κ2) is 7.15. The largest absolute Gasteiger partial charge is 0.387 e. The van der Waals surface area contributed by atoms with E-state index in [0.29, 0.717) is 18.7 Å². The number of aromatic nitrogens is 2. The van der Waals surface area contributed by atoms with Crippen LogP contribution in [0.5, 0.6) is 0 Å². The number of carbonyl (C=O) groups excluding carboxylic acids is 1. The average molecular weight is 328 g/mol. The van der Waals surface area contributed by atoms with Crippen LogP contribution >= 0.6 is 0 Å². The molecule has 1 atom stereocenters. The number of β-amino-alcohol motifs (C(OH)–C–C–N with tert-alkyl or cyclic N) is 1. The quantitative estimate of drug-likeness (QED) is 0.827. The lowest BCUT2D eigenvalue weighted by atomic mass is 10.0. The number of likely N-dealkylation sites (N-methyl/N-ethyl adjacent to an activating group) is 1. The molecule has 0 saturated carbocycles. The first-order chi connectivity index (χ1) is 11.5. The van der Waals surface area contributed by atoms with Crippen LogP contribution in [-0.4, -0.2) is 58.0 Å². The van der Waals surface area contributed by atoms with Gasteiger partial charge in [0.1, 0.15) is 5.69 Å². The minimum Gasteiger partial charge on any atom is -0.387 e. The third kappa shape index (κ3) is 4.21. The summed E-state index contributed by atoms with van der Waals surface area (Å²) in [5.74, 6) is -0.239. The van der Waals surface area contributed by atoms with E-state index in [1.807, 2.05) is 31.4 Å². The molecule has 6 heteroatoms. The molecule has 1 saturated heterocycles. The number of carbonyl (C=O) groups is 1. The first kappa shape index (κ1) is 16.7. The van der Waals surface area contributed by atoms with Gasteiger partial charge in [0.25, 0.3) is 5.91 Å². The molecule has 2 aromatic rings. The van der Waals surface area contributed by atoms with Crippen LogP contribution in [0.3, 0.4) is 0 Å². The van der Waals surface area contributed by atoms with Crippen molar-refractivity contribution in [2.24, 2.45) is 0 Å². The standard InChI is InChI=1S/C18H24N4O2/c1-21-12-9-18(24,14-21)13-19-17(23)16-8-11-22(20-16)10-7-15-5-3-2-4-6-15/h2-6,8,11,24H,7,9-10,12-14H2,1H3,(H,19,23). The fraction of sp³-hybridized carbons (Fsp3) is 0.444. The molecule has 1 aromatic heterocycles. The molecule has 1 fully saturated rings. The minimum atomic E-state index is -0.833. The minimum absolute atomic E-state index is 0.239. The number of amides is 1. The summed E-state index contributed by atoms with van der Waals surface area (Å²) in [4.78, 5) is 14.3. The van der Waals surface area contributed by atoms with Gasteiger partial charge in [-0.15, -0.1) is 0 Å². The number of nitrogens with zero attached hydrogens (tertiary/aromatic N) is 3. The molecular weight excluding hydrogens is 304 g/mol. The lowest BCUT2D eigenvalue weighted by Crippen LogP contribution is -2.44. The first-order valence-corrected chi connectivity index (χ1v) is 8.31. The van der Waals surface area contributed by atoms with Gasteiger partial charge in [-0.3, -0.25) is 9.48 Å². The second-order valence-electron chi connectivity index (χ2n) is 6.59. The molecule has 0 radical (unpaired) electrons. The van der Waals surface area contributed by atoms with Gasteiger partial charge < -0.3 is 15.3 Å². The molecule has 1 aliphatic heterocycles. The van der Waals surface area contributed by atoms with E-state index in [4.69, 9.17) is 0 Å². The first-order valence-electron chi connectivity index (χ1n) is 8.31. The van der Waals surface area contributed by atoms with E-state index in [9.17, 15) is 9.90 Å². The van der Waals surface area contributed by atoms with Gasteiger partial charge in [0.15, 0.2) is 0 Å². The highest BCUT2D eigenvalue weighted by atomic mass is 16.3. The molecule has 2 heterocycles. The Morgan fingerprint density at radius 1 is 1.33 bits per heavy atom. The summed E-state index contributed by atoms with van der Waals surface area (Å²) in [5, 5.41) is 17.5. The van der Waals surface area contributed by atoms with Gasteiger partial charge in [-0.2, -0.15) is 5.10 Å². The molecule has 3 rings (SSSR count). The Morgan fingerprint density at radius 3 is 2.83 bits per heavy atom. The maximum absolute atomic E-state index is 12.2. The van der Waals surface area contributed by atoms with E-state index in [1.54, 1.807) is 10.7 Å². The molecule has 0 aliphatic carbocycles. The number of hydrogen-bond donors (Lipinski definition) is 2. The van der Waals surface area contributed by atoms with E-state index < -0.39 is 5.60 Å². The molecule has 1 amide bonds. The molecule has 1 aliphatic rings. The van der Waals surface area contributed by atoms with Crippen molar-refractivity contribution in [2.45, 2.75) is 25.0 Å². The van der Waals surface area contributed by atoms with Crippen molar-refractivity contribution in [3.8, 4) is 0 Å². The number of rotatable bonds is 6. The van der Waals surface area contributed by atoms with Gasteiger partial charge in [-0.1, -0.05) is 30.3 Å². The summed E-state index contributed by atoms with van der Waals surface area (Å²) in [5.41, 5.74) is 0.796. The van der Waals surface area contributed by atoms with Crippen molar-refractivity contribution in [3.05, 3.63) is 53.9 Å². The van der Waals surface area contributed by atoms with Gasteiger partial charge in [-0.25, -0.2) is 0 Å². The second-order valence-corrected chi connectivity index (χ2v) is 6.59. The average Bonchev–Trinajstić information content (AvgIpc) is 3.19. The van der Waals surface area contributed by atoms with E-state index in [1.165, 1.54) is 5.56 Å². The maximum Gasteiger partial charge on any atom is 0.271 e. The topological polar surface area (TPSA) is 70.4 Å². The Kier molecular flexibility index (Phi) is 4.97. The van der Waals surface area contributed by atoms with E-state index >= 15 is 0 Å². The zero-order chi connectivity index (χ0) is 17.0. The van der Waals surface area contributed by atoms with Gasteiger partial charge in [-0.05, 0) is 31.5 Å². The van der Waals surface area contributed by atoms with Crippen LogP contribution in [0.1, 0.15) is 22.5 Å². The zero-order valence-electron chi connectivity index (χ0n) is 14.0. The predicted molar refractivity (Wildman–Crippen MR) is 91.8 cm³/mol. The molecule has 1 unspecified atom stereocenters. The maximum atomic E-state index is 12.2. The highest BCUT2D eigenvalue weighted by molar-refractivity contribution is 5.92. The number of nitrogens with one attached hydrogen (secondary N) is 1. The van der Waals surface area contributed by atoms with Crippen LogP contribution in [0.25, 0.3) is 0 Å². The van der Waals surface area contributed by atoms with Crippen molar-refractivity contribution < 1.29 is 9.90 Å². The Balaban J connectivity index is 1.50. The van der Waals surface area contributed by atoms with Crippen molar-refractivity contribution in [2.75, 3.05) is 26.7 Å². The summed E-state index contributed by atoms with van der Waals surface area (Å²) >= 11 is 0. The Morgan fingerprint density at radius 2 is 2.12 bits per heavy atom. The lowest BCUT2D eigenvalue weighted by Gasteiger charge is -2.22. The monoisotopic (exact) mass is 328 g/mol. The van der Waals surface area contributed by atoms with Gasteiger partial charge in [0.05, 0.1) is 5.60 Å². The highest BCUT2D eigenvalue weighted by Crippen LogP contribution is 2.18. The van der Waals surface area contributed by atoms with Crippen LogP contribution in [0, 0.1) is 0 Å². The summed E-state index contributed by atoms with van der Waals surface area (Å²) in [7, 11) is 1.97. The number of benzene rings is 1. The molecule has 0 spiro atoms. The fourth-order valence-corrected chi connectivity index (χ4v) is 3.03. The molecule has 2 N–H and O–H groups in total. The van der Waals surface area contributed by atoms with Crippen LogP contribution in [0.15, 0.2) is 42.6 Å². The molecule has 128 valence electrons. The van der Waals surface area contributed by atoms with Crippen LogP contribution in [0.2, 0.25) is 0 Å². The third-order valence-corrected chi connectivity index (χ3v) is 4.45. The summed E-state index contributed by atoms with van der Waals surface area (Å²) in [6, 6.07) is 11.9. The van der Waals surface area contributed by atoms with Crippen LogP contribution in [-0.2, 0) is 13.0 Å². The third-order valence-electron chi connectivity index (χ3n) is 4.45. The van der Waals surface area contributed by atoms with Crippen molar-refractivity contribution in [3.63, 3.8) is 0 Å². The van der Waals surface area contributed by atoms with E-state index in [2.05, 4.69) is 27.4 Å². The van der Waals surface area contributed by atoms with Crippen molar-refractivity contribution in [1.29, 1.82) is 0 Å². The summed E-state index contributed by atoms with van der Waals surface area (Å²) in [6.07, 6.45) is 3.36. The number of aryl methyl sites for hydroxylation is 2. The fourth-order valence-electron chi connectivity index (χ4n) is 3.03. The van der Waals surface area contributed by atoms with E-state index in [0.717, 1.165) is 19.5 Å². The lowest BCUT2D eigenvalue weighted by molar-refractivity contribution is 0.0484. The zero-order valence-corrected chi connectivity index (χ0v) is 14.0. The predicted octanol–water partition coefficient (Wildman–Crippen LogP) is 0.922. The Labute approximate surface area is 142 Å². The van der Waals surface area contributed by atoms with E-state index in [-0.39, 0.29) is 12.5 Å². The number of aliphatic hydroxyl groups is 1.